The first-order valence-corrected chi connectivity index (χ1v) is 15.3. The molecule has 0 spiro atoms. The molecule has 0 saturated heterocycles. The lowest BCUT2D eigenvalue weighted by Gasteiger charge is -2.26. The molecule has 0 aliphatic carbocycles. The second-order valence-electron chi connectivity index (χ2n) is 11.1. The molecule has 0 radical (unpaired) electrons. The fourth-order valence-corrected chi connectivity index (χ4v) is 6.07. The third-order valence-corrected chi connectivity index (χ3v) is 8.28. The van der Waals surface area contributed by atoms with Crippen molar-refractivity contribution in [1.82, 2.24) is 0 Å². The summed E-state index contributed by atoms with van der Waals surface area (Å²) in [5.74, 6) is 0. The van der Waals surface area contributed by atoms with E-state index in [-0.39, 0.29) is 5.69 Å². The topological polar surface area (TPSA) is 16.4 Å². The molecule has 9 aromatic rings. The van der Waals surface area contributed by atoms with Crippen molar-refractivity contribution in [2.24, 2.45) is 0 Å². The van der Waals surface area contributed by atoms with Crippen LogP contribution in [0.1, 0.15) is 17.8 Å². The van der Waals surface area contributed by atoms with E-state index in [2.05, 4.69) is 6.07 Å². The summed E-state index contributed by atoms with van der Waals surface area (Å²) < 4.78 is 121. The van der Waals surface area contributed by atoms with E-state index in [0.29, 0.717) is 17.0 Å². The number of para-hydroxylation sites is 1. The maximum Gasteiger partial charge on any atom is 0.143 e. The van der Waals surface area contributed by atoms with E-state index < -0.39 is 101 Å². The average Bonchev–Trinajstić information content (AvgIpc) is 3.67. The Balaban J connectivity index is 1.23. The molecule has 0 unspecified atom stereocenters. The van der Waals surface area contributed by atoms with Gasteiger partial charge in [0.2, 0.25) is 0 Å². The van der Waals surface area contributed by atoms with Crippen LogP contribution in [0.5, 0.6) is 0 Å². The van der Waals surface area contributed by atoms with Gasteiger partial charge in [-0.3, -0.25) is 0 Å². The first-order valence-electron chi connectivity index (χ1n) is 21.8. The predicted octanol–water partition coefficient (Wildman–Crippen LogP) is 13.2. The molecule has 226 valence electrons. The molecular formula is C46H31NO. The smallest absolute Gasteiger partial charge is 0.143 e. The maximum atomic E-state index is 9.39. The normalized spacial score (nSPS) is 15.1. The number of rotatable bonds is 6. The van der Waals surface area contributed by atoms with E-state index in [9.17, 15) is 5.48 Å². The predicted molar refractivity (Wildman–Crippen MR) is 202 cm³/mol. The van der Waals surface area contributed by atoms with Crippen LogP contribution in [-0.2, 0) is 0 Å². The molecule has 1 heterocycles. The Hall–Kier alpha value is -6.38. The molecule has 8 aromatic carbocycles. The average molecular weight is 627 g/mol. The standard InChI is InChI=1S/C46H31NO/c1-3-11-32(12-4-1)33-21-23-34(24-22-33)35-25-28-39(29-26-35)47(38-15-5-2-6-16-38)40-17-9-14-37(31-40)41-19-10-20-44-45(41)43-30-27-36-13-7-8-18-42(36)46(43)48-44/h1-31H/i1D,3D,4D,11D,12D,21D,22D,23D,24D,25D,26D,28D,29D. The van der Waals surface area contributed by atoms with Crippen molar-refractivity contribution < 1.29 is 22.2 Å². The summed E-state index contributed by atoms with van der Waals surface area (Å²) in [6.45, 7) is 0. The molecule has 0 N–H and O–H groups in total. The van der Waals surface area contributed by atoms with Crippen molar-refractivity contribution in [2.75, 3.05) is 4.90 Å². The summed E-state index contributed by atoms with van der Waals surface area (Å²) in [6, 6.07) is 25.3. The van der Waals surface area contributed by atoms with Gasteiger partial charge in [0.15, 0.2) is 0 Å². The molecule has 0 atom stereocenters. The number of anilines is 3. The van der Waals surface area contributed by atoms with Gasteiger partial charge < -0.3 is 9.32 Å². The van der Waals surface area contributed by atoms with Crippen LogP contribution in [0, 0.1) is 0 Å². The van der Waals surface area contributed by atoms with Crippen LogP contribution in [0.2, 0.25) is 0 Å². The number of furan rings is 1. The zero-order valence-corrected chi connectivity index (χ0v) is 25.2. The number of fused-ring (bicyclic) bond motifs is 5. The van der Waals surface area contributed by atoms with Crippen LogP contribution in [0.4, 0.5) is 17.1 Å². The van der Waals surface area contributed by atoms with E-state index in [1.165, 1.54) is 0 Å². The highest BCUT2D eigenvalue weighted by Crippen LogP contribution is 2.42. The Morgan fingerprint density at radius 2 is 1.08 bits per heavy atom. The van der Waals surface area contributed by atoms with Gasteiger partial charge in [-0.15, -0.1) is 0 Å². The lowest BCUT2D eigenvalue weighted by Crippen LogP contribution is -2.09. The summed E-state index contributed by atoms with van der Waals surface area (Å²) in [6.07, 6.45) is 0. The molecule has 0 saturated carbocycles. The fraction of sp³-hybridized carbons (Fsp3) is 0. The zero-order chi connectivity index (χ0) is 43.2. The van der Waals surface area contributed by atoms with Crippen molar-refractivity contribution in [2.45, 2.75) is 0 Å². The Morgan fingerprint density at radius 1 is 0.438 bits per heavy atom. The van der Waals surface area contributed by atoms with Crippen molar-refractivity contribution in [1.29, 1.82) is 0 Å². The van der Waals surface area contributed by atoms with Gasteiger partial charge in [-0.05, 0) is 87.2 Å². The first-order chi connectivity index (χ1) is 29.2. The van der Waals surface area contributed by atoms with Crippen molar-refractivity contribution in [3.63, 3.8) is 0 Å². The van der Waals surface area contributed by atoms with Gasteiger partial charge in [-0.1, -0.05) is 139 Å². The Morgan fingerprint density at radius 3 is 1.85 bits per heavy atom. The first kappa shape index (κ1) is 17.5. The van der Waals surface area contributed by atoms with Crippen LogP contribution < -0.4 is 4.90 Å². The van der Waals surface area contributed by atoms with Crippen molar-refractivity contribution in [3.05, 3.63) is 188 Å². The lowest BCUT2D eigenvalue weighted by molar-refractivity contribution is 0.673. The van der Waals surface area contributed by atoms with Gasteiger partial charge in [0, 0.05) is 33.2 Å². The van der Waals surface area contributed by atoms with Gasteiger partial charge in [-0.2, -0.15) is 0 Å². The summed E-state index contributed by atoms with van der Waals surface area (Å²) in [5, 5.41) is 3.86. The van der Waals surface area contributed by atoms with E-state index in [1.807, 2.05) is 66.7 Å². The number of hydrogen-bond donors (Lipinski definition) is 0. The summed E-state index contributed by atoms with van der Waals surface area (Å²) in [5.41, 5.74) is 1.89. The Bertz CT molecular complexity index is 3220. The molecule has 0 amide bonds. The number of nitrogens with zero attached hydrogens (tertiary/aromatic N) is 1. The molecule has 0 fully saturated rings. The van der Waals surface area contributed by atoms with Gasteiger partial charge >= 0.3 is 0 Å². The van der Waals surface area contributed by atoms with Crippen molar-refractivity contribution >= 4 is 49.8 Å². The van der Waals surface area contributed by atoms with Gasteiger partial charge in [0.1, 0.15) is 11.2 Å². The number of benzene rings is 8. The minimum atomic E-state index is -0.771. The summed E-state index contributed by atoms with van der Waals surface area (Å²) in [4.78, 5) is 1.60. The monoisotopic (exact) mass is 626 g/mol. The highest BCUT2D eigenvalue weighted by molar-refractivity contribution is 6.19. The molecule has 0 bridgehead atoms. The number of hydrogen-bond acceptors (Lipinski definition) is 2. The van der Waals surface area contributed by atoms with Gasteiger partial charge in [0.25, 0.3) is 0 Å². The second-order valence-corrected chi connectivity index (χ2v) is 11.1. The fourth-order valence-electron chi connectivity index (χ4n) is 6.07. The highest BCUT2D eigenvalue weighted by atomic mass is 16.3. The molecule has 2 heteroatoms. The zero-order valence-electron chi connectivity index (χ0n) is 38.2. The largest absolute Gasteiger partial charge is 0.455 e. The van der Waals surface area contributed by atoms with Crippen LogP contribution >= 0.6 is 0 Å². The van der Waals surface area contributed by atoms with E-state index in [1.54, 1.807) is 41.3 Å². The Labute approximate surface area is 298 Å². The Kier molecular flexibility index (Phi) is 4.29. The third-order valence-electron chi connectivity index (χ3n) is 8.28. The van der Waals surface area contributed by atoms with Crippen molar-refractivity contribution in [3.8, 4) is 33.4 Å². The van der Waals surface area contributed by atoms with Crippen LogP contribution in [0.3, 0.4) is 0 Å². The summed E-state index contributed by atoms with van der Waals surface area (Å²) >= 11 is 0. The minimum absolute atomic E-state index is 0.133. The van der Waals surface area contributed by atoms with Gasteiger partial charge in [-0.25, -0.2) is 0 Å². The molecule has 1 aromatic heterocycles. The van der Waals surface area contributed by atoms with E-state index in [0.717, 1.165) is 38.3 Å². The molecule has 48 heavy (non-hydrogen) atoms. The van der Waals surface area contributed by atoms with Crippen LogP contribution in [-0.4, -0.2) is 0 Å². The second kappa shape index (κ2) is 11.8. The highest BCUT2D eigenvalue weighted by Gasteiger charge is 2.17. The third kappa shape index (κ3) is 4.92. The molecule has 0 aliphatic rings. The maximum absolute atomic E-state index is 9.39. The quantitative estimate of drug-likeness (QED) is 0.183. The minimum Gasteiger partial charge on any atom is -0.455 e. The summed E-state index contributed by atoms with van der Waals surface area (Å²) in [7, 11) is 0. The van der Waals surface area contributed by atoms with Crippen LogP contribution in [0.15, 0.2) is 192 Å². The van der Waals surface area contributed by atoms with E-state index >= 15 is 0 Å². The van der Waals surface area contributed by atoms with E-state index in [4.69, 9.17) is 16.8 Å². The molecular weight excluding hydrogens is 583 g/mol. The van der Waals surface area contributed by atoms with Gasteiger partial charge in [0.05, 0.1) is 17.8 Å². The molecule has 0 aliphatic heterocycles. The van der Waals surface area contributed by atoms with Crippen LogP contribution in [0.25, 0.3) is 66.1 Å². The lowest BCUT2D eigenvalue weighted by atomic mass is 9.97. The molecule has 9 rings (SSSR count). The SMILES string of the molecule is [2H]c1c([2H])c([2H])c(-c2c([2H])c([2H])c(-c3c([2H])c([2H])c(N(c4ccccc4)c4cccc(-c5cccc6oc7c8ccccc8ccc7c56)c4)c([2H])c3[2H])c([2H])c2[2H])c([2H])c1[2H]. The molecule has 2 nitrogen and oxygen atoms in total.